The van der Waals surface area contributed by atoms with Crippen molar-refractivity contribution in [2.24, 2.45) is 0 Å². The van der Waals surface area contributed by atoms with E-state index < -0.39 is 15.9 Å². The number of nitrogens with zero attached hydrogens (tertiary/aromatic N) is 1. The number of amides is 2. The number of aromatic nitrogens is 1. The van der Waals surface area contributed by atoms with Crippen molar-refractivity contribution < 1.29 is 22.4 Å². The van der Waals surface area contributed by atoms with Gasteiger partial charge in [0.05, 0.1) is 29.6 Å². The smallest absolute Gasteiger partial charge is 0.251 e. The van der Waals surface area contributed by atoms with Gasteiger partial charge in [-0.1, -0.05) is 6.07 Å². The van der Waals surface area contributed by atoms with Crippen molar-refractivity contribution in [3.63, 3.8) is 0 Å². The van der Waals surface area contributed by atoms with E-state index >= 15 is 0 Å². The van der Waals surface area contributed by atoms with Gasteiger partial charge in [0.2, 0.25) is 15.9 Å². The Morgan fingerprint density at radius 2 is 1.97 bits per heavy atom. The lowest BCUT2D eigenvalue weighted by Crippen LogP contribution is -2.29. The summed E-state index contributed by atoms with van der Waals surface area (Å²) in [6.45, 7) is 1.80. The monoisotopic (exact) mass is 442 g/mol. The molecule has 0 atom stereocenters. The van der Waals surface area contributed by atoms with Gasteiger partial charge in [0, 0.05) is 24.7 Å². The van der Waals surface area contributed by atoms with Gasteiger partial charge in [-0.25, -0.2) is 13.1 Å². The second kappa shape index (κ2) is 10.0. The normalized spacial score (nSPS) is 11.1. The molecule has 31 heavy (non-hydrogen) atoms. The summed E-state index contributed by atoms with van der Waals surface area (Å²) < 4.78 is 32.6. The topological polar surface area (TPSA) is 130 Å². The Balaban J connectivity index is 1.58. The van der Waals surface area contributed by atoms with E-state index in [9.17, 15) is 18.0 Å². The molecule has 162 valence electrons. The number of rotatable bonds is 9. The van der Waals surface area contributed by atoms with Crippen LogP contribution < -0.4 is 15.4 Å². The van der Waals surface area contributed by atoms with Gasteiger partial charge < -0.3 is 15.1 Å². The van der Waals surface area contributed by atoms with Crippen LogP contribution in [0.15, 0.2) is 70.4 Å². The average Bonchev–Trinajstić information content (AvgIpc) is 3.27. The van der Waals surface area contributed by atoms with Crippen LogP contribution in [0.5, 0.6) is 0 Å². The Kier molecular flexibility index (Phi) is 7.16. The van der Waals surface area contributed by atoms with Gasteiger partial charge in [0.25, 0.3) is 5.91 Å². The third kappa shape index (κ3) is 6.24. The van der Waals surface area contributed by atoms with Gasteiger partial charge in [-0.3, -0.25) is 14.6 Å². The maximum Gasteiger partial charge on any atom is 0.251 e. The first kappa shape index (κ1) is 22.2. The van der Waals surface area contributed by atoms with E-state index in [1.807, 2.05) is 0 Å². The Bertz CT molecular complexity index is 1150. The summed E-state index contributed by atoms with van der Waals surface area (Å²) >= 11 is 0. The van der Waals surface area contributed by atoms with Crippen LogP contribution in [-0.2, 0) is 21.4 Å². The van der Waals surface area contributed by atoms with Crippen LogP contribution >= 0.6 is 0 Å². The van der Waals surface area contributed by atoms with Crippen molar-refractivity contribution in [1.82, 2.24) is 15.0 Å². The number of hydrogen-bond acceptors (Lipinski definition) is 6. The highest BCUT2D eigenvalue weighted by Crippen LogP contribution is 2.16. The van der Waals surface area contributed by atoms with Gasteiger partial charge >= 0.3 is 0 Å². The highest BCUT2D eigenvalue weighted by atomic mass is 32.2. The summed E-state index contributed by atoms with van der Waals surface area (Å²) in [6.07, 6.45) is 4.63. The lowest BCUT2D eigenvalue weighted by molar-refractivity contribution is -0.116. The first-order chi connectivity index (χ1) is 14.8. The predicted octanol–water partition coefficient (Wildman–Crippen LogP) is 2.22. The molecule has 3 aromatic rings. The van der Waals surface area contributed by atoms with Gasteiger partial charge in [-0.15, -0.1) is 0 Å². The largest absolute Gasteiger partial charge is 0.468 e. The minimum atomic E-state index is -3.84. The molecule has 0 bridgehead atoms. The number of carbonyl (C=O) groups excluding carboxylic acids is 2. The maximum atomic E-state index is 12.5. The summed E-state index contributed by atoms with van der Waals surface area (Å²) in [4.78, 5) is 28.4. The second-order valence-electron chi connectivity index (χ2n) is 6.68. The van der Waals surface area contributed by atoms with E-state index in [-0.39, 0.29) is 35.9 Å². The number of sulfonamides is 1. The van der Waals surface area contributed by atoms with Crippen molar-refractivity contribution in [3.05, 3.63) is 78.0 Å². The van der Waals surface area contributed by atoms with Crippen LogP contribution in [0.2, 0.25) is 0 Å². The molecule has 2 amide bonds. The van der Waals surface area contributed by atoms with E-state index in [1.165, 1.54) is 24.6 Å². The quantitative estimate of drug-likeness (QED) is 0.466. The zero-order valence-electron chi connectivity index (χ0n) is 16.8. The van der Waals surface area contributed by atoms with E-state index in [0.29, 0.717) is 17.0 Å². The Hall–Kier alpha value is -3.50. The molecule has 3 N–H and O–H groups in total. The molecule has 9 nitrogen and oxygen atoms in total. The van der Waals surface area contributed by atoms with Crippen LogP contribution in [0.3, 0.4) is 0 Å². The molecule has 1 aromatic carbocycles. The van der Waals surface area contributed by atoms with E-state index in [0.717, 1.165) is 0 Å². The lowest BCUT2D eigenvalue weighted by Gasteiger charge is -2.11. The minimum absolute atomic E-state index is 0.00319. The average molecular weight is 442 g/mol. The van der Waals surface area contributed by atoms with E-state index in [2.05, 4.69) is 20.3 Å². The van der Waals surface area contributed by atoms with Crippen molar-refractivity contribution in [3.8, 4) is 0 Å². The zero-order valence-corrected chi connectivity index (χ0v) is 17.6. The fraction of sp³-hybridized carbons (Fsp3) is 0.190. The first-order valence-electron chi connectivity index (χ1n) is 9.46. The summed E-state index contributed by atoms with van der Waals surface area (Å²) in [7, 11) is -3.84. The minimum Gasteiger partial charge on any atom is -0.468 e. The van der Waals surface area contributed by atoms with Crippen molar-refractivity contribution in [2.75, 3.05) is 11.9 Å². The lowest BCUT2D eigenvalue weighted by atomic mass is 10.1. The molecule has 0 radical (unpaired) electrons. The van der Waals surface area contributed by atoms with Crippen molar-refractivity contribution in [1.29, 1.82) is 0 Å². The Labute approximate surface area is 179 Å². The Morgan fingerprint density at radius 1 is 1.13 bits per heavy atom. The number of hydrogen-bond donors (Lipinski definition) is 3. The molecular formula is C21H22N4O5S. The first-order valence-corrected chi connectivity index (χ1v) is 10.9. The van der Waals surface area contributed by atoms with Gasteiger partial charge in [-0.2, -0.15) is 0 Å². The van der Waals surface area contributed by atoms with Crippen LogP contribution in [-0.4, -0.2) is 31.8 Å². The molecule has 0 fully saturated rings. The van der Waals surface area contributed by atoms with Crippen LogP contribution in [0.4, 0.5) is 5.69 Å². The third-order valence-corrected chi connectivity index (χ3v) is 5.76. The fourth-order valence-corrected chi connectivity index (χ4v) is 3.74. The molecular weight excluding hydrogens is 420 g/mol. The molecule has 0 aliphatic carbocycles. The van der Waals surface area contributed by atoms with E-state index in [4.69, 9.17) is 4.42 Å². The fourth-order valence-electron chi connectivity index (χ4n) is 2.72. The molecule has 0 spiro atoms. The number of pyridine rings is 1. The molecule has 0 saturated carbocycles. The predicted molar refractivity (Wildman–Crippen MR) is 114 cm³/mol. The maximum absolute atomic E-state index is 12.5. The van der Waals surface area contributed by atoms with Gasteiger partial charge in [0.15, 0.2) is 0 Å². The second-order valence-corrected chi connectivity index (χ2v) is 8.44. The molecule has 2 heterocycles. The summed E-state index contributed by atoms with van der Waals surface area (Å²) in [5.41, 5.74) is 1.39. The van der Waals surface area contributed by atoms with Crippen LogP contribution in [0, 0.1) is 6.92 Å². The Morgan fingerprint density at radius 3 is 2.68 bits per heavy atom. The molecule has 2 aromatic heterocycles. The summed E-state index contributed by atoms with van der Waals surface area (Å²) in [6, 6.07) is 11.0. The highest BCUT2D eigenvalue weighted by Gasteiger charge is 2.18. The molecule has 0 unspecified atom stereocenters. The molecule has 0 saturated heterocycles. The SMILES string of the molecule is Cc1ccc(S(=O)(=O)NCc2ccco2)cc1C(=O)NCCC(=O)Nc1cccnc1. The standard InChI is InChI=1S/C21H22N4O5S/c1-15-6-7-18(31(28,29)24-14-17-5-3-11-30-17)12-19(15)21(27)23-10-8-20(26)25-16-4-2-9-22-13-16/h2-7,9,11-13,24H,8,10,14H2,1H3,(H,23,27)(H,25,26). The number of aryl methyl sites for hydroxylation is 1. The molecule has 0 aliphatic heterocycles. The van der Waals surface area contributed by atoms with Crippen LogP contribution in [0.25, 0.3) is 0 Å². The van der Waals surface area contributed by atoms with Crippen molar-refractivity contribution >= 4 is 27.5 Å². The van der Waals surface area contributed by atoms with Gasteiger partial charge in [-0.05, 0) is 48.9 Å². The number of carbonyl (C=O) groups is 2. The number of nitrogens with one attached hydrogen (secondary N) is 3. The summed E-state index contributed by atoms with van der Waals surface area (Å²) in [5, 5.41) is 5.32. The molecule has 0 aliphatic rings. The number of benzene rings is 1. The molecule has 10 heteroatoms. The van der Waals surface area contributed by atoms with Crippen molar-refractivity contribution in [2.45, 2.75) is 24.8 Å². The number of anilines is 1. The number of furan rings is 1. The van der Waals surface area contributed by atoms with Gasteiger partial charge in [0.1, 0.15) is 5.76 Å². The van der Waals surface area contributed by atoms with E-state index in [1.54, 1.807) is 43.5 Å². The highest BCUT2D eigenvalue weighted by molar-refractivity contribution is 7.89. The summed E-state index contributed by atoms with van der Waals surface area (Å²) in [5.74, 6) is -0.267. The molecule has 3 rings (SSSR count). The zero-order chi connectivity index (χ0) is 22.3. The third-order valence-electron chi connectivity index (χ3n) is 4.36. The van der Waals surface area contributed by atoms with Crippen LogP contribution in [0.1, 0.15) is 28.1 Å².